The molecule has 0 saturated carbocycles. The van der Waals surface area contributed by atoms with Crippen molar-refractivity contribution in [1.82, 2.24) is 10.6 Å². The Morgan fingerprint density at radius 1 is 1.06 bits per heavy atom. The summed E-state index contributed by atoms with van der Waals surface area (Å²) < 4.78 is 10.8. The lowest BCUT2D eigenvalue weighted by molar-refractivity contribution is -0.140. The smallest absolute Gasteiger partial charge is 0.407 e. The van der Waals surface area contributed by atoms with E-state index in [-0.39, 0.29) is 18.9 Å². The summed E-state index contributed by atoms with van der Waals surface area (Å²) >= 11 is 0. The van der Waals surface area contributed by atoms with Gasteiger partial charge in [0, 0.05) is 19.1 Å². The Hall–Kier alpha value is -3.39. The van der Waals surface area contributed by atoms with Crippen LogP contribution in [0.15, 0.2) is 48.5 Å². The molecule has 1 fully saturated rings. The molecule has 2 aromatic rings. The van der Waals surface area contributed by atoms with Crippen LogP contribution >= 0.6 is 0 Å². The molecule has 4 rings (SSSR count). The van der Waals surface area contributed by atoms with Gasteiger partial charge in [-0.15, -0.1) is 0 Å². The first-order valence-corrected chi connectivity index (χ1v) is 11.1. The standard InChI is InChI=1S/C25H28N2O6/c1-16(23(30)27-25(14-22(28)29)10-12-32-13-11-25)26-24(31)33-15-21-19-8-4-2-6-17(19)18-7-3-5-9-20(18)21/h2-9,16,21H,10-15H2,1H3,(H,26,31)(H,27,30)(H,28,29). The maximum absolute atomic E-state index is 12.7. The highest BCUT2D eigenvalue weighted by molar-refractivity contribution is 5.86. The molecular formula is C25H28N2O6. The van der Waals surface area contributed by atoms with Crippen LogP contribution in [-0.4, -0.2) is 54.5 Å². The Labute approximate surface area is 192 Å². The number of hydrogen-bond acceptors (Lipinski definition) is 5. The molecule has 8 nitrogen and oxygen atoms in total. The van der Waals surface area contributed by atoms with Crippen LogP contribution in [-0.2, 0) is 19.1 Å². The Balaban J connectivity index is 1.35. The van der Waals surface area contributed by atoms with Gasteiger partial charge in [-0.25, -0.2) is 4.79 Å². The number of alkyl carbamates (subject to hydrolysis) is 1. The number of hydrogen-bond donors (Lipinski definition) is 3. The number of carboxylic acid groups (broad SMARTS) is 1. The van der Waals surface area contributed by atoms with E-state index in [2.05, 4.69) is 22.8 Å². The van der Waals surface area contributed by atoms with Crippen LogP contribution in [0.4, 0.5) is 4.79 Å². The Morgan fingerprint density at radius 2 is 1.64 bits per heavy atom. The van der Waals surface area contributed by atoms with Gasteiger partial charge in [0.2, 0.25) is 5.91 Å². The molecule has 1 aliphatic heterocycles. The molecule has 1 aliphatic carbocycles. The van der Waals surface area contributed by atoms with Crippen LogP contribution in [0.25, 0.3) is 11.1 Å². The summed E-state index contributed by atoms with van der Waals surface area (Å²) in [5.41, 5.74) is 3.60. The molecular weight excluding hydrogens is 424 g/mol. The molecule has 1 atom stereocenters. The zero-order chi connectivity index (χ0) is 23.4. The molecule has 3 N–H and O–H groups in total. The normalized spacial score (nSPS) is 17.4. The van der Waals surface area contributed by atoms with Gasteiger partial charge in [-0.2, -0.15) is 0 Å². The van der Waals surface area contributed by atoms with Crippen LogP contribution < -0.4 is 10.6 Å². The van der Waals surface area contributed by atoms with Gasteiger partial charge in [0.05, 0.1) is 12.0 Å². The number of rotatable bonds is 7. The lowest BCUT2D eigenvalue weighted by atomic mass is 9.86. The third-order valence-corrected chi connectivity index (χ3v) is 6.40. The first kappa shape index (κ1) is 22.8. The van der Waals surface area contributed by atoms with Crippen molar-refractivity contribution in [2.75, 3.05) is 19.8 Å². The van der Waals surface area contributed by atoms with E-state index >= 15 is 0 Å². The van der Waals surface area contributed by atoms with E-state index in [9.17, 15) is 19.5 Å². The van der Waals surface area contributed by atoms with Crippen molar-refractivity contribution in [3.63, 3.8) is 0 Å². The monoisotopic (exact) mass is 452 g/mol. The van der Waals surface area contributed by atoms with Crippen LogP contribution in [0.3, 0.4) is 0 Å². The molecule has 0 bridgehead atoms. The zero-order valence-corrected chi connectivity index (χ0v) is 18.5. The van der Waals surface area contributed by atoms with E-state index < -0.39 is 29.6 Å². The second kappa shape index (κ2) is 9.62. The average Bonchev–Trinajstić information content (AvgIpc) is 3.11. The summed E-state index contributed by atoms with van der Waals surface area (Å²) in [5, 5.41) is 14.6. The molecule has 0 spiro atoms. The third-order valence-electron chi connectivity index (χ3n) is 6.40. The SMILES string of the molecule is CC(NC(=O)OCC1c2ccccc2-c2ccccc21)C(=O)NC1(CC(=O)O)CCOCC1. The summed E-state index contributed by atoms with van der Waals surface area (Å²) in [5.74, 6) is -1.52. The minimum absolute atomic E-state index is 0.0756. The lowest BCUT2D eigenvalue weighted by Gasteiger charge is -2.37. The second-order valence-electron chi connectivity index (χ2n) is 8.64. The highest BCUT2D eigenvalue weighted by Crippen LogP contribution is 2.44. The van der Waals surface area contributed by atoms with Crippen molar-refractivity contribution in [3.05, 3.63) is 59.7 Å². The Morgan fingerprint density at radius 3 is 2.21 bits per heavy atom. The van der Waals surface area contributed by atoms with Crippen LogP contribution in [0.1, 0.15) is 43.2 Å². The highest BCUT2D eigenvalue weighted by atomic mass is 16.5. The van der Waals surface area contributed by atoms with Gasteiger partial charge < -0.3 is 25.2 Å². The number of benzene rings is 2. The molecule has 0 aromatic heterocycles. The van der Waals surface area contributed by atoms with E-state index in [1.165, 1.54) is 0 Å². The summed E-state index contributed by atoms with van der Waals surface area (Å²) in [7, 11) is 0. The van der Waals surface area contributed by atoms with Gasteiger partial charge in [-0.05, 0) is 42.0 Å². The van der Waals surface area contributed by atoms with Gasteiger partial charge in [-0.3, -0.25) is 9.59 Å². The Bertz CT molecular complexity index is 1000. The number of carbonyl (C=O) groups excluding carboxylic acids is 2. The van der Waals surface area contributed by atoms with E-state index in [0.717, 1.165) is 22.3 Å². The van der Waals surface area contributed by atoms with Gasteiger partial charge in [0.15, 0.2) is 0 Å². The van der Waals surface area contributed by atoms with Crippen molar-refractivity contribution in [2.24, 2.45) is 0 Å². The van der Waals surface area contributed by atoms with E-state index in [0.29, 0.717) is 26.1 Å². The van der Waals surface area contributed by atoms with Crippen molar-refractivity contribution in [1.29, 1.82) is 0 Å². The molecule has 2 aliphatic rings. The average molecular weight is 453 g/mol. The zero-order valence-electron chi connectivity index (χ0n) is 18.5. The number of fused-ring (bicyclic) bond motifs is 3. The Kier molecular flexibility index (Phi) is 6.65. The maximum atomic E-state index is 12.7. The predicted octanol–water partition coefficient (Wildman–Crippen LogP) is 3.05. The summed E-state index contributed by atoms with van der Waals surface area (Å²) in [6.45, 7) is 2.45. The highest BCUT2D eigenvalue weighted by Gasteiger charge is 2.37. The molecule has 8 heteroatoms. The minimum atomic E-state index is -0.991. The molecule has 2 amide bonds. The van der Waals surface area contributed by atoms with Crippen molar-refractivity contribution in [3.8, 4) is 11.1 Å². The third kappa shape index (κ3) is 5.01. The number of carboxylic acids is 1. The summed E-state index contributed by atoms with van der Waals surface area (Å²) in [4.78, 5) is 36.5. The van der Waals surface area contributed by atoms with Crippen LogP contribution in [0.5, 0.6) is 0 Å². The fourth-order valence-electron chi connectivity index (χ4n) is 4.65. The number of amides is 2. The largest absolute Gasteiger partial charge is 0.481 e. The number of ether oxygens (including phenoxy) is 2. The maximum Gasteiger partial charge on any atom is 0.407 e. The molecule has 1 unspecified atom stereocenters. The summed E-state index contributed by atoms with van der Waals surface area (Å²) in [6.07, 6.45) is -0.0793. The molecule has 0 radical (unpaired) electrons. The predicted molar refractivity (Wildman–Crippen MR) is 121 cm³/mol. The quantitative estimate of drug-likeness (QED) is 0.595. The fourth-order valence-corrected chi connectivity index (χ4v) is 4.65. The molecule has 174 valence electrons. The molecule has 33 heavy (non-hydrogen) atoms. The van der Waals surface area contributed by atoms with Crippen molar-refractivity contribution in [2.45, 2.75) is 43.7 Å². The van der Waals surface area contributed by atoms with Crippen LogP contribution in [0, 0.1) is 0 Å². The topological polar surface area (TPSA) is 114 Å². The van der Waals surface area contributed by atoms with Gasteiger partial charge in [0.1, 0.15) is 12.6 Å². The number of aliphatic carboxylic acids is 1. The first-order chi connectivity index (χ1) is 15.9. The minimum Gasteiger partial charge on any atom is -0.481 e. The molecule has 2 aromatic carbocycles. The van der Waals surface area contributed by atoms with Gasteiger partial charge >= 0.3 is 12.1 Å². The van der Waals surface area contributed by atoms with Gasteiger partial charge in [-0.1, -0.05) is 48.5 Å². The number of nitrogens with one attached hydrogen (secondary N) is 2. The molecule has 1 heterocycles. The van der Waals surface area contributed by atoms with E-state index in [1.54, 1.807) is 6.92 Å². The number of carbonyl (C=O) groups is 3. The lowest BCUT2D eigenvalue weighted by Crippen LogP contribution is -2.57. The van der Waals surface area contributed by atoms with Crippen molar-refractivity contribution >= 4 is 18.0 Å². The van der Waals surface area contributed by atoms with Gasteiger partial charge in [0.25, 0.3) is 0 Å². The first-order valence-electron chi connectivity index (χ1n) is 11.1. The summed E-state index contributed by atoms with van der Waals surface area (Å²) in [6, 6.07) is 15.2. The van der Waals surface area contributed by atoms with E-state index in [1.807, 2.05) is 36.4 Å². The molecule has 1 saturated heterocycles. The second-order valence-corrected chi connectivity index (χ2v) is 8.64. The van der Waals surface area contributed by atoms with Crippen molar-refractivity contribution < 1.29 is 29.0 Å². The van der Waals surface area contributed by atoms with Crippen LogP contribution in [0.2, 0.25) is 0 Å². The fraction of sp³-hybridized carbons (Fsp3) is 0.400. The van der Waals surface area contributed by atoms with E-state index in [4.69, 9.17) is 9.47 Å².